The number of nitrogens with zero attached hydrogens (tertiary/aromatic N) is 2. The Hall–Kier alpha value is -3.04. The number of piperidine rings is 1. The fraction of sp³-hybridized carbons (Fsp3) is 0.400. The summed E-state index contributed by atoms with van der Waals surface area (Å²) in [5.74, 6) is -0.906. The van der Waals surface area contributed by atoms with Gasteiger partial charge in [0.05, 0.1) is 10.8 Å². The number of benzene rings is 2. The number of aryl methyl sites for hydroxylation is 1. The van der Waals surface area contributed by atoms with Gasteiger partial charge in [0.15, 0.2) is 5.78 Å². The van der Waals surface area contributed by atoms with Crippen molar-refractivity contribution in [2.24, 2.45) is 5.92 Å². The zero-order chi connectivity index (χ0) is 24.5. The number of hydrogen-bond acceptors (Lipinski definition) is 5. The van der Waals surface area contributed by atoms with E-state index < -0.39 is 15.9 Å². The summed E-state index contributed by atoms with van der Waals surface area (Å²) in [6.07, 6.45) is 2.66. The first-order chi connectivity index (χ1) is 16.2. The summed E-state index contributed by atoms with van der Waals surface area (Å²) in [6, 6.07) is 11.6. The zero-order valence-electron chi connectivity index (χ0n) is 19.4. The van der Waals surface area contributed by atoms with Crippen LogP contribution >= 0.6 is 0 Å². The predicted molar refractivity (Wildman–Crippen MR) is 129 cm³/mol. The lowest BCUT2D eigenvalue weighted by molar-refractivity contribution is -0.121. The molecule has 2 aliphatic heterocycles. The molecule has 1 atom stereocenters. The Labute approximate surface area is 200 Å². The van der Waals surface area contributed by atoms with Crippen molar-refractivity contribution >= 4 is 39.0 Å². The second-order valence-corrected chi connectivity index (χ2v) is 10.8. The molecule has 180 valence electrons. The first kappa shape index (κ1) is 24.1. The van der Waals surface area contributed by atoms with Gasteiger partial charge in [0.25, 0.3) is 0 Å². The minimum atomic E-state index is -3.79. The summed E-state index contributed by atoms with van der Waals surface area (Å²) < 4.78 is 28.2. The molecule has 0 bridgehead atoms. The molecule has 1 fully saturated rings. The predicted octanol–water partition coefficient (Wildman–Crippen LogP) is 3.23. The van der Waals surface area contributed by atoms with Gasteiger partial charge in [-0.3, -0.25) is 14.4 Å². The van der Waals surface area contributed by atoms with Gasteiger partial charge in [-0.15, -0.1) is 0 Å². The third kappa shape index (κ3) is 4.90. The molecule has 2 aromatic rings. The van der Waals surface area contributed by atoms with Crippen molar-refractivity contribution < 1.29 is 22.8 Å². The van der Waals surface area contributed by atoms with Gasteiger partial charge in [-0.2, -0.15) is 4.31 Å². The summed E-state index contributed by atoms with van der Waals surface area (Å²) in [6.45, 7) is 4.05. The second kappa shape index (κ2) is 9.68. The monoisotopic (exact) mass is 483 g/mol. The molecule has 0 radical (unpaired) electrons. The van der Waals surface area contributed by atoms with Crippen molar-refractivity contribution in [3.8, 4) is 0 Å². The molecule has 2 heterocycles. The van der Waals surface area contributed by atoms with Gasteiger partial charge in [0.2, 0.25) is 21.8 Å². The van der Waals surface area contributed by atoms with E-state index in [1.54, 1.807) is 47.4 Å². The zero-order valence-corrected chi connectivity index (χ0v) is 20.2. The Morgan fingerprint density at radius 1 is 1.00 bits per heavy atom. The molecule has 2 aliphatic rings. The van der Waals surface area contributed by atoms with Gasteiger partial charge in [-0.25, -0.2) is 8.42 Å². The first-order valence-electron chi connectivity index (χ1n) is 11.5. The van der Waals surface area contributed by atoms with E-state index in [1.165, 1.54) is 18.2 Å². The molecule has 1 saturated heterocycles. The number of hydrogen-bond donors (Lipinski definition) is 1. The summed E-state index contributed by atoms with van der Waals surface area (Å²) in [5, 5.41) is 2.82. The van der Waals surface area contributed by atoms with Crippen LogP contribution in [-0.4, -0.2) is 50.0 Å². The number of anilines is 2. The molecule has 0 saturated carbocycles. The minimum absolute atomic E-state index is 0.0599. The number of sulfonamides is 1. The average molecular weight is 484 g/mol. The van der Waals surface area contributed by atoms with E-state index in [1.807, 2.05) is 0 Å². The summed E-state index contributed by atoms with van der Waals surface area (Å²) in [7, 11) is -3.79. The van der Waals surface area contributed by atoms with Crippen molar-refractivity contribution in [1.29, 1.82) is 0 Å². The minimum Gasteiger partial charge on any atom is -0.326 e. The second-order valence-electron chi connectivity index (χ2n) is 8.89. The van der Waals surface area contributed by atoms with Crippen molar-refractivity contribution in [1.82, 2.24) is 4.31 Å². The van der Waals surface area contributed by atoms with Crippen LogP contribution in [0.15, 0.2) is 47.4 Å². The third-order valence-corrected chi connectivity index (χ3v) is 8.34. The smallest absolute Gasteiger partial charge is 0.243 e. The van der Waals surface area contributed by atoms with E-state index in [9.17, 15) is 22.8 Å². The Balaban J connectivity index is 1.50. The number of nitrogens with one attached hydrogen (secondary N) is 1. The van der Waals surface area contributed by atoms with Crippen LogP contribution in [0.1, 0.15) is 49.0 Å². The van der Waals surface area contributed by atoms with Crippen molar-refractivity contribution in [3.05, 3.63) is 53.6 Å². The Morgan fingerprint density at radius 3 is 2.53 bits per heavy atom. The fourth-order valence-corrected chi connectivity index (χ4v) is 6.22. The lowest BCUT2D eigenvalue weighted by Gasteiger charge is -2.32. The molecule has 1 N–H and O–H groups in total. The van der Waals surface area contributed by atoms with Crippen molar-refractivity contribution in [2.45, 2.75) is 44.4 Å². The van der Waals surface area contributed by atoms with Crippen LogP contribution < -0.4 is 10.2 Å². The summed E-state index contributed by atoms with van der Waals surface area (Å²) in [5.41, 5.74) is 2.63. The fourth-order valence-electron chi connectivity index (χ4n) is 4.65. The number of carbonyl (C=O) groups is 3. The maximum atomic E-state index is 13.4. The molecule has 0 aromatic heterocycles. The van der Waals surface area contributed by atoms with Gasteiger partial charge >= 0.3 is 0 Å². The quantitative estimate of drug-likeness (QED) is 0.658. The number of Topliss-reactive ketones (excluding diaryl/α,β-unsaturated/α-hetero) is 1. The lowest BCUT2D eigenvalue weighted by atomic mass is 9.98. The van der Waals surface area contributed by atoms with Crippen LogP contribution in [-0.2, 0) is 26.0 Å². The number of fused-ring (bicyclic) bond motifs is 1. The molecule has 9 heteroatoms. The highest BCUT2D eigenvalue weighted by Crippen LogP contribution is 2.32. The molecule has 0 aliphatic carbocycles. The normalized spacial score (nSPS) is 18.8. The molecule has 2 amide bonds. The molecule has 0 spiro atoms. The Bertz CT molecular complexity index is 1240. The molecule has 4 rings (SSSR count). The highest BCUT2D eigenvalue weighted by atomic mass is 32.2. The summed E-state index contributed by atoms with van der Waals surface area (Å²) >= 11 is 0. The van der Waals surface area contributed by atoms with E-state index in [4.69, 9.17) is 0 Å². The van der Waals surface area contributed by atoms with Gasteiger partial charge < -0.3 is 10.2 Å². The highest BCUT2D eigenvalue weighted by Gasteiger charge is 2.34. The average Bonchev–Trinajstić information content (AvgIpc) is 2.83. The van der Waals surface area contributed by atoms with Crippen LogP contribution in [0.5, 0.6) is 0 Å². The van der Waals surface area contributed by atoms with Crippen molar-refractivity contribution in [3.63, 3.8) is 0 Å². The van der Waals surface area contributed by atoms with Gasteiger partial charge in [-0.1, -0.05) is 12.1 Å². The number of amides is 2. The largest absolute Gasteiger partial charge is 0.326 e. The number of carbonyl (C=O) groups excluding carboxylic acids is 3. The van der Waals surface area contributed by atoms with Gasteiger partial charge in [-0.05, 0) is 68.5 Å². The molecule has 34 heavy (non-hydrogen) atoms. The lowest BCUT2D eigenvalue weighted by Crippen LogP contribution is -2.43. The molecular formula is C25H29N3O5S. The van der Waals surface area contributed by atoms with E-state index in [0.29, 0.717) is 43.6 Å². The third-order valence-electron chi connectivity index (χ3n) is 6.48. The van der Waals surface area contributed by atoms with Crippen LogP contribution in [0.2, 0.25) is 0 Å². The standard InChI is InChI=1S/C25H29N3O5S/c1-17(29)19-6-3-9-22(14-19)26-25(31)21-8-4-12-27(16-21)34(32,33)23-10-11-24-20(15-23)7-5-13-28(24)18(2)30/h3,6,9-11,14-15,21H,4-5,7-8,12-13,16H2,1-2H3,(H,26,31). The SMILES string of the molecule is CC(=O)c1cccc(NC(=O)C2CCCN(S(=O)(=O)c3ccc4c(c3)CCCN4C(C)=O)C2)c1. The van der Waals surface area contributed by atoms with Crippen molar-refractivity contribution in [2.75, 3.05) is 29.9 Å². The number of ketones is 1. The van der Waals surface area contributed by atoms with E-state index in [-0.39, 0.29) is 29.0 Å². The van der Waals surface area contributed by atoms with Crippen LogP contribution in [0.3, 0.4) is 0 Å². The molecule has 8 nitrogen and oxygen atoms in total. The maximum absolute atomic E-state index is 13.4. The molecular weight excluding hydrogens is 454 g/mol. The molecule has 1 unspecified atom stereocenters. The van der Waals surface area contributed by atoms with Crippen LogP contribution in [0.4, 0.5) is 11.4 Å². The topological polar surface area (TPSA) is 104 Å². The molecule has 2 aromatic carbocycles. The Kier molecular flexibility index (Phi) is 6.86. The first-order valence-corrected chi connectivity index (χ1v) is 12.9. The van der Waals surface area contributed by atoms with Gasteiger partial charge in [0.1, 0.15) is 0 Å². The summed E-state index contributed by atoms with van der Waals surface area (Å²) in [4.78, 5) is 38.3. The van der Waals surface area contributed by atoms with Gasteiger partial charge in [0, 0.05) is 43.5 Å². The maximum Gasteiger partial charge on any atom is 0.243 e. The highest BCUT2D eigenvalue weighted by molar-refractivity contribution is 7.89. The van der Waals surface area contributed by atoms with E-state index in [2.05, 4.69) is 5.32 Å². The number of rotatable bonds is 5. The van der Waals surface area contributed by atoms with E-state index in [0.717, 1.165) is 17.7 Å². The van der Waals surface area contributed by atoms with Crippen LogP contribution in [0, 0.1) is 5.92 Å². The Morgan fingerprint density at radius 2 is 1.79 bits per heavy atom. The van der Waals surface area contributed by atoms with Crippen LogP contribution in [0.25, 0.3) is 0 Å². The van der Waals surface area contributed by atoms with E-state index >= 15 is 0 Å².